The molecular formula is C21H19FN2O3. The van der Waals surface area contributed by atoms with E-state index in [2.05, 4.69) is 0 Å². The summed E-state index contributed by atoms with van der Waals surface area (Å²) in [6.45, 7) is 2.08. The molecule has 0 N–H and O–H groups in total. The second kappa shape index (κ2) is 7.23. The highest BCUT2D eigenvalue weighted by Gasteiger charge is 2.27. The molecule has 0 aromatic heterocycles. The van der Waals surface area contributed by atoms with Crippen molar-refractivity contribution in [2.75, 3.05) is 32.8 Å². The summed E-state index contributed by atoms with van der Waals surface area (Å²) in [5, 5.41) is 0. The van der Waals surface area contributed by atoms with E-state index in [-0.39, 0.29) is 24.2 Å². The molecule has 2 aliphatic rings. The number of para-hydroxylation sites is 1. The maximum absolute atomic E-state index is 13.0. The van der Waals surface area contributed by atoms with E-state index in [1.165, 1.54) is 24.3 Å². The quantitative estimate of drug-likeness (QED) is 0.821. The van der Waals surface area contributed by atoms with Gasteiger partial charge in [-0.25, -0.2) is 4.39 Å². The Hall–Kier alpha value is -3.15. The van der Waals surface area contributed by atoms with Crippen LogP contribution in [0.2, 0.25) is 0 Å². The SMILES string of the molecule is O=C(C1=Cc2ccccc2OC1)N1CCN(C(=O)c2ccc(F)cc2)CC1. The van der Waals surface area contributed by atoms with Crippen molar-refractivity contribution >= 4 is 17.9 Å². The highest BCUT2D eigenvalue weighted by Crippen LogP contribution is 2.26. The van der Waals surface area contributed by atoms with Crippen LogP contribution < -0.4 is 4.74 Å². The van der Waals surface area contributed by atoms with E-state index in [0.717, 1.165) is 11.3 Å². The number of hydrogen-bond donors (Lipinski definition) is 0. The van der Waals surface area contributed by atoms with Gasteiger partial charge in [-0.3, -0.25) is 9.59 Å². The summed E-state index contributed by atoms with van der Waals surface area (Å²) in [4.78, 5) is 28.7. The monoisotopic (exact) mass is 366 g/mol. The first kappa shape index (κ1) is 17.3. The largest absolute Gasteiger partial charge is 0.488 e. The first-order valence-electron chi connectivity index (χ1n) is 8.88. The molecule has 138 valence electrons. The van der Waals surface area contributed by atoms with E-state index in [1.807, 2.05) is 30.3 Å². The van der Waals surface area contributed by atoms with E-state index < -0.39 is 0 Å². The fourth-order valence-electron chi connectivity index (χ4n) is 3.33. The van der Waals surface area contributed by atoms with Crippen molar-refractivity contribution in [3.05, 3.63) is 71.0 Å². The van der Waals surface area contributed by atoms with Crippen molar-refractivity contribution < 1.29 is 18.7 Å². The van der Waals surface area contributed by atoms with Crippen molar-refractivity contribution in [2.45, 2.75) is 0 Å². The normalized spacial score (nSPS) is 16.3. The average molecular weight is 366 g/mol. The average Bonchev–Trinajstić information content (AvgIpc) is 2.73. The summed E-state index contributed by atoms with van der Waals surface area (Å²) >= 11 is 0. The summed E-state index contributed by atoms with van der Waals surface area (Å²) in [6.07, 6.45) is 1.87. The van der Waals surface area contributed by atoms with Gasteiger partial charge in [0.2, 0.25) is 0 Å². The Morgan fingerprint density at radius 1 is 0.852 bits per heavy atom. The lowest BCUT2D eigenvalue weighted by Gasteiger charge is -2.35. The molecule has 0 bridgehead atoms. The maximum atomic E-state index is 13.0. The Bertz CT molecular complexity index is 900. The molecule has 0 radical (unpaired) electrons. The standard InChI is InChI=1S/C21H19FN2O3/c22-18-7-5-15(6-8-18)20(25)23-9-11-24(12-10-23)21(26)17-13-16-3-1-2-4-19(16)27-14-17/h1-8,13H,9-12,14H2. The minimum atomic E-state index is -0.369. The van der Waals surface area contributed by atoms with Crippen LogP contribution in [0, 0.1) is 5.82 Å². The summed E-state index contributed by atoms with van der Waals surface area (Å²) in [7, 11) is 0. The third-order valence-electron chi connectivity index (χ3n) is 4.85. The van der Waals surface area contributed by atoms with Gasteiger partial charge in [0.1, 0.15) is 18.2 Å². The first-order valence-corrected chi connectivity index (χ1v) is 8.88. The van der Waals surface area contributed by atoms with Crippen LogP contribution in [0.3, 0.4) is 0 Å². The minimum absolute atomic E-state index is 0.0571. The molecule has 27 heavy (non-hydrogen) atoms. The summed E-state index contributed by atoms with van der Waals surface area (Å²) < 4.78 is 18.7. The summed E-state index contributed by atoms with van der Waals surface area (Å²) in [6, 6.07) is 13.1. The molecule has 5 nitrogen and oxygen atoms in total. The number of piperazine rings is 1. The smallest absolute Gasteiger partial charge is 0.253 e. The van der Waals surface area contributed by atoms with Crippen LogP contribution in [-0.2, 0) is 4.79 Å². The van der Waals surface area contributed by atoms with Crippen molar-refractivity contribution in [3.8, 4) is 5.75 Å². The Balaban J connectivity index is 1.39. The Morgan fingerprint density at radius 2 is 1.48 bits per heavy atom. The fourth-order valence-corrected chi connectivity index (χ4v) is 3.33. The molecule has 0 spiro atoms. The molecule has 2 aromatic rings. The number of amides is 2. The number of nitrogens with zero attached hydrogens (tertiary/aromatic N) is 2. The van der Waals surface area contributed by atoms with Gasteiger partial charge in [0, 0.05) is 37.3 Å². The third-order valence-corrected chi connectivity index (χ3v) is 4.85. The molecule has 0 atom stereocenters. The van der Waals surface area contributed by atoms with Gasteiger partial charge in [-0.2, -0.15) is 0 Å². The number of carbonyl (C=O) groups excluding carboxylic acids is 2. The molecule has 1 fully saturated rings. The first-order chi connectivity index (χ1) is 13.1. The van der Waals surface area contributed by atoms with E-state index in [0.29, 0.717) is 37.3 Å². The topological polar surface area (TPSA) is 49.9 Å². The number of carbonyl (C=O) groups is 2. The lowest BCUT2D eigenvalue weighted by atomic mass is 10.1. The lowest BCUT2D eigenvalue weighted by Crippen LogP contribution is -2.51. The number of benzene rings is 2. The molecule has 0 aliphatic carbocycles. The van der Waals surface area contributed by atoms with Crippen molar-refractivity contribution in [3.63, 3.8) is 0 Å². The molecule has 0 saturated carbocycles. The zero-order valence-corrected chi connectivity index (χ0v) is 14.7. The maximum Gasteiger partial charge on any atom is 0.253 e. The molecule has 4 rings (SSSR count). The van der Waals surface area contributed by atoms with Crippen LogP contribution in [0.5, 0.6) is 5.75 Å². The molecule has 2 heterocycles. The Morgan fingerprint density at radius 3 is 2.19 bits per heavy atom. The van der Waals surface area contributed by atoms with E-state index in [9.17, 15) is 14.0 Å². The van der Waals surface area contributed by atoms with E-state index in [4.69, 9.17) is 4.74 Å². The fraction of sp³-hybridized carbons (Fsp3) is 0.238. The van der Waals surface area contributed by atoms with Crippen molar-refractivity contribution in [1.82, 2.24) is 9.80 Å². The lowest BCUT2D eigenvalue weighted by molar-refractivity contribution is -0.128. The highest BCUT2D eigenvalue weighted by molar-refractivity contribution is 5.99. The molecule has 1 saturated heterocycles. The predicted octanol–water partition coefficient (Wildman–Crippen LogP) is 2.59. The number of ether oxygens (including phenoxy) is 1. The number of fused-ring (bicyclic) bond motifs is 1. The number of halogens is 1. The zero-order chi connectivity index (χ0) is 18.8. The van der Waals surface area contributed by atoms with Gasteiger partial charge < -0.3 is 14.5 Å². The summed E-state index contributed by atoms with van der Waals surface area (Å²) in [5.41, 5.74) is 1.97. The Labute approximate surface area is 156 Å². The molecule has 6 heteroatoms. The second-order valence-corrected chi connectivity index (χ2v) is 6.59. The number of hydrogen-bond acceptors (Lipinski definition) is 3. The van der Waals surface area contributed by atoms with Gasteiger partial charge in [-0.05, 0) is 36.4 Å². The van der Waals surface area contributed by atoms with Gasteiger partial charge in [-0.1, -0.05) is 18.2 Å². The van der Waals surface area contributed by atoms with Crippen LogP contribution in [0.4, 0.5) is 4.39 Å². The van der Waals surface area contributed by atoms with E-state index >= 15 is 0 Å². The van der Waals surface area contributed by atoms with Crippen molar-refractivity contribution in [1.29, 1.82) is 0 Å². The van der Waals surface area contributed by atoms with Gasteiger partial charge >= 0.3 is 0 Å². The van der Waals surface area contributed by atoms with Gasteiger partial charge in [0.25, 0.3) is 11.8 Å². The second-order valence-electron chi connectivity index (χ2n) is 6.59. The van der Waals surface area contributed by atoms with Crippen LogP contribution in [0.25, 0.3) is 6.08 Å². The molecule has 2 aliphatic heterocycles. The zero-order valence-electron chi connectivity index (χ0n) is 14.7. The predicted molar refractivity (Wildman–Crippen MR) is 98.8 cm³/mol. The summed E-state index contributed by atoms with van der Waals surface area (Å²) in [5.74, 6) is 0.213. The van der Waals surface area contributed by atoms with Crippen LogP contribution in [0.15, 0.2) is 54.1 Å². The van der Waals surface area contributed by atoms with Gasteiger partial charge in [-0.15, -0.1) is 0 Å². The molecule has 2 aromatic carbocycles. The molecule has 0 unspecified atom stereocenters. The highest BCUT2D eigenvalue weighted by atomic mass is 19.1. The van der Waals surface area contributed by atoms with Crippen LogP contribution in [0.1, 0.15) is 15.9 Å². The molecular weight excluding hydrogens is 347 g/mol. The molecule has 2 amide bonds. The van der Waals surface area contributed by atoms with Crippen LogP contribution >= 0.6 is 0 Å². The third kappa shape index (κ3) is 3.56. The van der Waals surface area contributed by atoms with E-state index in [1.54, 1.807) is 9.80 Å². The minimum Gasteiger partial charge on any atom is -0.488 e. The van der Waals surface area contributed by atoms with Crippen LogP contribution in [-0.4, -0.2) is 54.4 Å². The number of rotatable bonds is 2. The van der Waals surface area contributed by atoms with Gasteiger partial charge in [0.15, 0.2) is 0 Å². The Kier molecular flexibility index (Phi) is 4.62. The van der Waals surface area contributed by atoms with Gasteiger partial charge in [0.05, 0.1) is 5.57 Å². The van der Waals surface area contributed by atoms with Crippen molar-refractivity contribution in [2.24, 2.45) is 0 Å².